The normalized spacial score (nSPS) is 30.8. The Morgan fingerprint density at radius 3 is 2.38 bits per heavy atom. The lowest BCUT2D eigenvalue weighted by Gasteiger charge is -2.32. The zero-order chi connectivity index (χ0) is 14.7. The van der Waals surface area contributed by atoms with E-state index in [1.165, 1.54) is 19.3 Å². The molecule has 0 amide bonds. The van der Waals surface area contributed by atoms with Gasteiger partial charge in [0.2, 0.25) is 10.0 Å². The van der Waals surface area contributed by atoms with Gasteiger partial charge in [0, 0.05) is 45.3 Å². The third-order valence-corrected chi connectivity index (χ3v) is 7.37. The van der Waals surface area contributed by atoms with Gasteiger partial charge in [-0.1, -0.05) is 19.3 Å². The van der Waals surface area contributed by atoms with Gasteiger partial charge in [-0.05, 0) is 25.2 Å². The molecule has 21 heavy (non-hydrogen) atoms. The number of nitrogens with zero attached hydrogens (tertiary/aromatic N) is 2. The summed E-state index contributed by atoms with van der Waals surface area (Å²) >= 11 is 0. The van der Waals surface area contributed by atoms with Gasteiger partial charge in [0.15, 0.2) is 0 Å². The maximum atomic E-state index is 12.6. The minimum Gasteiger partial charge on any atom is -0.314 e. The molecule has 1 saturated carbocycles. The Balaban J connectivity index is 1.53. The van der Waals surface area contributed by atoms with Crippen LogP contribution in [0, 0.1) is 5.92 Å². The molecule has 1 atom stereocenters. The van der Waals surface area contributed by atoms with Gasteiger partial charge in [-0.25, -0.2) is 12.7 Å². The summed E-state index contributed by atoms with van der Waals surface area (Å²) in [6, 6.07) is 0.438. The Bertz CT molecular complexity index is 428. The number of nitrogens with one attached hydrogen (secondary N) is 1. The number of sulfonamides is 1. The Hall–Kier alpha value is -0.170. The van der Waals surface area contributed by atoms with Crippen LogP contribution in [-0.4, -0.2) is 68.7 Å². The van der Waals surface area contributed by atoms with Crippen molar-refractivity contribution in [3.63, 3.8) is 0 Å². The SMILES string of the molecule is O=S(=O)(CC1CCCCC1)N1CCC(N2CCNCC2)C1. The van der Waals surface area contributed by atoms with E-state index in [0.29, 0.717) is 17.7 Å². The zero-order valence-corrected chi connectivity index (χ0v) is 13.8. The van der Waals surface area contributed by atoms with E-state index in [1.807, 2.05) is 0 Å². The van der Waals surface area contributed by atoms with Crippen molar-refractivity contribution in [1.29, 1.82) is 0 Å². The first kappa shape index (κ1) is 15.7. The molecule has 3 rings (SSSR count). The van der Waals surface area contributed by atoms with E-state index in [2.05, 4.69) is 10.2 Å². The fourth-order valence-electron chi connectivity index (χ4n) is 4.07. The molecule has 0 aromatic heterocycles. The van der Waals surface area contributed by atoms with Crippen molar-refractivity contribution in [2.24, 2.45) is 5.92 Å². The van der Waals surface area contributed by atoms with Crippen molar-refractivity contribution >= 4 is 10.0 Å². The van der Waals surface area contributed by atoms with Gasteiger partial charge in [-0.15, -0.1) is 0 Å². The number of piperazine rings is 1. The molecule has 0 spiro atoms. The van der Waals surface area contributed by atoms with E-state index in [9.17, 15) is 8.42 Å². The van der Waals surface area contributed by atoms with Gasteiger partial charge in [0.1, 0.15) is 0 Å². The Morgan fingerprint density at radius 1 is 0.952 bits per heavy atom. The molecule has 0 bridgehead atoms. The molecule has 2 heterocycles. The first-order valence-electron chi connectivity index (χ1n) is 8.58. The van der Waals surface area contributed by atoms with E-state index in [-0.39, 0.29) is 0 Å². The molecular formula is C15H29N3O2S. The summed E-state index contributed by atoms with van der Waals surface area (Å²) < 4.78 is 27.0. The van der Waals surface area contributed by atoms with Crippen molar-refractivity contribution in [1.82, 2.24) is 14.5 Å². The van der Waals surface area contributed by atoms with Crippen molar-refractivity contribution in [3.8, 4) is 0 Å². The highest BCUT2D eigenvalue weighted by Crippen LogP contribution is 2.27. The first-order valence-corrected chi connectivity index (χ1v) is 10.2. The molecule has 5 nitrogen and oxygen atoms in total. The average molecular weight is 315 g/mol. The molecule has 1 N–H and O–H groups in total. The minimum atomic E-state index is -3.04. The summed E-state index contributed by atoms with van der Waals surface area (Å²) in [5, 5.41) is 3.36. The van der Waals surface area contributed by atoms with E-state index in [1.54, 1.807) is 4.31 Å². The van der Waals surface area contributed by atoms with Crippen LogP contribution in [0.4, 0.5) is 0 Å². The second-order valence-electron chi connectivity index (χ2n) is 6.87. The summed E-state index contributed by atoms with van der Waals surface area (Å²) in [6.07, 6.45) is 6.92. The minimum absolute atomic E-state index is 0.390. The van der Waals surface area contributed by atoms with Gasteiger partial charge in [0.25, 0.3) is 0 Å². The molecule has 3 aliphatic rings. The summed E-state index contributed by atoms with van der Waals surface area (Å²) in [7, 11) is -3.04. The van der Waals surface area contributed by atoms with Gasteiger partial charge >= 0.3 is 0 Å². The van der Waals surface area contributed by atoms with Gasteiger partial charge in [-0.2, -0.15) is 0 Å². The highest BCUT2D eigenvalue weighted by Gasteiger charge is 2.35. The fourth-order valence-corrected chi connectivity index (χ4v) is 5.99. The predicted molar refractivity (Wildman–Crippen MR) is 84.8 cm³/mol. The van der Waals surface area contributed by atoms with Gasteiger partial charge in [0.05, 0.1) is 5.75 Å². The van der Waals surface area contributed by atoms with E-state index in [0.717, 1.165) is 58.5 Å². The van der Waals surface area contributed by atoms with Crippen LogP contribution < -0.4 is 5.32 Å². The van der Waals surface area contributed by atoms with Gasteiger partial charge < -0.3 is 5.32 Å². The van der Waals surface area contributed by atoms with Crippen LogP contribution in [0.1, 0.15) is 38.5 Å². The number of hydrogen-bond donors (Lipinski definition) is 1. The third kappa shape index (κ3) is 3.97. The maximum Gasteiger partial charge on any atom is 0.214 e. The van der Waals surface area contributed by atoms with Crippen molar-refractivity contribution in [2.75, 3.05) is 45.0 Å². The van der Waals surface area contributed by atoms with Crippen LogP contribution in [0.5, 0.6) is 0 Å². The second-order valence-corrected chi connectivity index (χ2v) is 8.88. The van der Waals surface area contributed by atoms with Crippen LogP contribution in [0.2, 0.25) is 0 Å². The summed E-state index contributed by atoms with van der Waals surface area (Å²) in [5.41, 5.74) is 0. The van der Waals surface area contributed by atoms with Crippen LogP contribution in [0.3, 0.4) is 0 Å². The highest BCUT2D eigenvalue weighted by atomic mass is 32.2. The lowest BCUT2D eigenvalue weighted by Crippen LogP contribution is -2.49. The van der Waals surface area contributed by atoms with Crippen molar-refractivity contribution < 1.29 is 8.42 Å². The van der Waals surface area contributed by atoms with E-state index < -0.39 is 10.0 Å². The molecule has 3 fully saturated rings. The smallest absolute Gasteiger partial charge is 0.214 e. The van der Waals surface area contributed by atoms with Crippen molar-refractivity contribution in [3.05, 3.63) is 0 Å². The highest BCUT2D eigenvalue weighted by molar-refractivity contribution is 7.89. The number of hydrogen-bond acceptors (Lipinski definition) is 4. The average Bonchev–Trinajstić information content (AvgIpc) is 2.99. The fraction of sp³-hybridized carbons (Fsp3) is 1.00. The third-order valence-electron chi connectivity index (χ3n) is 5.36. The van der Waals surface area contributed by atoms with Crippen LogP contribution in [0.15, 0.2) is 0 Å². The van der Waals surface area contributed by atoms with Crippen LogP contribution in [-0.2, 0) is 10.0 Å². The van der Waals surface area contributed by atoms with E-state index >= 15 is 0 Å². The summed E-state index contributed by atoms with van der Waals surface area (Å²) in [4.78, 5) is 2.46. The molecule has 2 saturated heterocycles. The molecule has 0 aromatic carbocycles. The molecule has 2 aliphatic heterocycles. The summed E-state index contributed by atoms with van der Waals surface area (Å²) in [6.45, 7) is 5.62. The molecule has 0 aromatic rings. The Morgan fingerprint density at radius 2 is 1.67 bits per heavy atom. The topological polar surface area (TPSA) is 52.7 Å². The maximum absolute atomic E-state index is 12.6. The Kier molecular flexibility index (Phi) is 5.19. The molecule has 0 radical (unpaired) electrons. The molecule has 1 aliphatic carbocycles. The lowest BCUT2D eigenvalue weighted by atomic mass is 9.91. The molecular weight excluding hydrogens is 286 g/mol. The van der Waals surface area contributed by atoms with Crippen molar-refractivity contribution in [2.45, 2.75) is 44.6 Å². The molecule has 1 unspecified atom stereocenters. The second kappa shape index (κ2) is 6.94. The lowest BCUT2D eigenvalue weighted by molar-refractivity contribution is 0.179. The molecule has 122 valence electrons. The van der Waals surface area contributed by atoms with Gasteiger partial charge in [-0.3, -0.25) is 4.90 Å². The number of rotatable bonds is 4. The zero-order valence-electron chi connectivity index (χ0n) is 13.0. The predicted octanol–water partition coefficient (Wildman–Crippen LogP) is 0.876. The standard InChI is InChI=1S/C15H29N3O2S/c19-21(20,13-14-4-2-1-3-5-14)18-9-6-15(12-18)17-10-7-16-8-11-17/h14-16H,1-13H2. The summed E-state index contributed by atoms with van der Waals surface area (Å²) in [5.74, 6) is 0.795. The van der Waals surface area contributed by atoms with Crippen LogP contribution in [0.25, 0.3) is 0 Å². The quantitative estimate of drug-likeness (QED) is 0.837. The monoisotopic (exact) mass is 315 g/mol. The van der Waals surface area contributed by atoms with Crippen LogP contribution >= 0.6 is 0 Å². The largest absolute Gasteiger partial charge is 0.314 e. The first-order chi connectivity index (χ1) is 10.1. The molecule has 6 heteroatoms. The Labute approximate surface area is 129 Å². The van der Waals surface area contributed by atoms with E-state index in [4.69, 9.17) is 0 Å².